The van der Waals surface area contributed by atoms with Crippen LogP contribution in [0.5, 0.6) is 0 Å². The molecular formula is C53H64B2Cl2F3NO9S. The Morgan fingerprint density at radius 1 is 0.676 bits per heavy atom. The van der Waals surface area contributed by atoms with Crippen molar-refractivity contribution < 1.29 is 54.9 Å². The number of halogens is 5. The number of esters is 2. The molecule has 0 aliphatic heterocycles. The number of carbonyl (C=O) groups excluding carboxylic acids is 2. The van der Waals surface area contributed by atoms with E-state index in [1.54, 1.807) is 63.9 Å². The minimum absolute atomic E-state index is 0.00692. The maximum absolute atomic E-state index is 14.3. The van der Waals surface area contributed by atoms with Gasteiger partial charge in [0.15, 0.2) is 0 Å². The Morgan fingerprint density at radius 2 is 1.11 bits per heavy atom. The third-order valence-corrected chi connectivity index (χ3v) is 13.4. The highest BCUT2D eigenvalue weighted by molar-refractivity contribution is 7.86. The molecule has 3 N–H and O–H groups in total. The molecular weight excluding hydrogens is 976 g/mol. The number of nitrogens with one attached hydrogen (secondary N) is 1. The molecule has 0 bridgehead atoms. The Morgan fingerprint density at radius 3 is 1.54 bits per heavy atom. The van der Waals surface area contributed by atoms with Gasteiger partial charge in [-0.3, -0.25) is 13.8 Å². The molecule has 5 aromatic rings. The zero-order chi connectivity index (χ0) is 52.1. The minimum atomic E-state index is -4.07. The van der Waals surface area contributed by atoms with Crippen molar-refractivity contribution in [3.63, 3.8) is 0 Å². The summed E-state index contributed by atoms with van der Waals surface area (Å²) in [5, 5.41) is 24.0. The highest BCUT2D eigenvalue weighted by atomic mass is 35.5. The highest BCUT2D eigenvalue weighted by Crippen LogP contribution is 2.31. The Kier molecular flexibility index (Phi) is 24.7. The zero-order valence-corrected chi connectivity index (χ0v) is 43.2. The molecule has 0 aliphatic carbocycles. The molecule has 18 heteroatoms. The number of rotatable bonds is 26. The predicted molar refractivity (Wildman–Crippen MR) is 278 cm³/mol. The predicted octanol–water partition coefficient (Wildman–Crippen LogP) is 11.2. The van der Waals surface area contributed by atoms with Crippen LogP contribution in [0.3, 0.4) is 0 Å². The van der Waals surface area contributed by atoms with Gasteiger partial charge in [-0.1, -0.05) is 103 Å². The van der Waals surface area contributed by atoms with Crippen molar-refractivity contribution in [2.75, 3.05) is 39.6 Å². The summed E-state index contributed by atoms with van der Waals surface area (Å²) >= 11 is 12.0. The van der Waals surface area contributed by atoms with Crippen LogP contribution in [0.25, 0.3) is 22.3 Å². The van der Waals surface area contributed by atoms with Crippen LogP contribution in [-0.2, 0) is 46.2 Å². The number of benzene rings is 5. The van der Waals surface area contributed by atoms with Crippen LogP contribution in [0, 0.1) is 42.2 Å². The van der Waals surface area contributed by atoms with Crippen molar-refractivity contribution >= 4 is 59.1 Å². The third-order valence-electron chi connectivity index (χ3n) is 11.7. The lowest BCUT2D eigenvalue weighted by Gasteiger charge is -2.23. The third kappa shape index (κ3) is 20.0. The zero-order valence-electron chi connectivity index (χ0n) is 40.9. The fourth-order valence-corrected chi connectivity index (χ4v) is 9.64. The molecule has 0 fully saturated rings. The van der Waals surface area contributed by atoms with Gasteiger partial charge in [-0.05, 0) is 142 Å². The first-order valence-corrected chi connectivity index (χ1v) is 26.0. The molecule has 5 rings (SSSR count). The normalized spacial score (nSPS) is 13.0. The van der Waals surface area contributed by atoms with Crippen LogP contribution in [0.15, 0.2) is 114 Å². The number of hydrogen-bond donors (Lipinski definition) is 3. The average Bonchev–Trinajstić information content (AvgIpc) is 3.32. The summed E-state index contributed by atoms with van der Waals surface area (Å²) < 4.78 is 82.1. The van der Waals surface area contributed by atoms with Crippen LogP contribution in [0.4, 0.5) is 13.2 Å². The van der Waals surface area contributed by atoms with E-state index in [0.29, 0.717) is 65.2 Å². The molecule has 0 spiro atoms. The van der Waals surface area contributed by atoms with Crippen LogP contribution >= 0.6 is 23.2 Å². The van der Waals surface area contributed by atoms with Gasteiger partial charge < -0.3 is 24.8 Å². The molecule has 0 heterocycles. The summed E-state index contributed by atoms with van der Waals surface area (Å²) in [7, 11) is -4.07. The monoisotopic (exact) mass is 1040 g/mol. The van der Waals surface area contributed by atoms with E-state index in [1.165, 1.54) is 36.4 Å². The number of aryl methyl sites for hydroxylation is 1. The van der Waals surface area contributed by atoms with Gasteiger partial charge in [-0.15, -0.1) is 0 Å². The van der Waals surface area contributed by atoms with Crippen LogP contribution in [-0.4, -0.2) is 83.8 Å². The largest absolute Gasteiger partial charge is 0.466 e. The quantitative estimate of drug-likeness (QED) is 0.0212. The lowest BCUT2D eigenvalue weighted by atomic mass is 9.62. The van der Waals surface area contributed by atoms with Crippen LogP contribution < -0.4 is 5.32 Å². The van der Waals surface area contributed by atoms with E-state index >= 15 is 0 Å². The standard InChI is InChI=1S/C29H33BClFO6S.C24H31BClF2NO3/c1-4-37-29(33)24(19-38-39(35,36)26-12-5-20(2)6-13-26)16-22(18-30(3)34)15-21-7-9-23(10-8-21)27-17-25(31)11-14-28(27)32;1-3-32-24(30)20(16-29-11-10-27)13-18(15-25(2)31)12-17-4-6-19(7-5-17)22-14-21(26)8-9-23(22)28/h5-14,17,22,24,34H,4,15-16,18-19H2,1-3H3;4-9,14,18,20,29,31H,3,10-13,15-16H2,1-2H3/t22-,24+;18-,20+/m11/s1. The summed E-state index contributed by atoms with van der Waals surface area (Å²) in [6, 6.07) is 29.9. The van der Waals surface area contributed by atoms with Gasteiger partial charge in [-0.25, -0.2) is 13.2 Å². The molecule has 0 aliphatic rings. The molecule has 4 atom stereocenters. The Hall–Kier alpha value is -4.67. The Bertz CT molecular complexity index is 2540. The second-order valence-electron chi connectivity index (χ2n) is 17.8. The van der Waals surface area contributed by atoms with Crippen LogP contribution in [0.1, 0.15) is 43.4 Å². The van der Waals surface area contributed by atoms with Gasteiger partial charge in [0.05, 0.1) is 36.6 Å². The lowest BCUT2D eigenvalue weighted by Crippen LogP contribution is -2.33. The van der Waals surface area contributed by atoms with E-state index in [1.807, 2.05) is 43.3 Å². The summed E-state index contributed by atoms with van der Waals surface area (Å²) in [6.07, 6.45) is 2.80. The van der Waals surface area contributed by atoms with Gasteiger partial charge >= 0.3 is 11.9 Å². The van der Waals surface area contributed by atoms with Gasteiger partial charge in [0.1, 0.15) is 18.3 Å². The van der Waals surface area contributed by atoms with Gasteiger partial charge in [0.2, 0.25) is 0 Å². The Labute approximate surface area is 428 Å². The number of carbonyl (C=O) groups is 2. The summed E-state index contributed by atoms with van der Waals surface area (Å²) in [4.78, 5) is 25.2. The van der Waals surface area contributed by atoms with Crippen molar-refractivity contribution in [2.45, 2.75) is 77.6 Å². The average molecular weight is 1040 g/mol. The molecule has 10 nitrogen and oxygen atoms in total. The van der Waals surface area contributed by atoms with E-state index in [0.717, 1.165) is 22.3 Å². The lowest BCUT2D eigenvalue weighted by molar-refractivity contribution is -0.150. The van der Waals surface area contributed by atoms with E-state index in [4.69, 9.17) is 36.9 Å². The first kappa shape index (κ1) is 58.9. The van der Waals surface area contributed by atoms with Gasteiger partial charge in [0.25, 0.3) is 23.9 Å². The van der Waals surface area contributed by atoms with Crippen molar-refractivity contribution in [2.24, 2.45) is 23.7 Å². The van der Waals surface area contributed by atoms with Gasteiger partial charge in [-0.2, -0.15) is 8.42 Å². The smallest absolute Gasteiger partial charge is 0.311 e. The first-order valence-electron chi connectivity index (χ1n) is 23.8. The fraction of sp³-hybridized carbons (Fsp3) is 0.396. The van der Waals surface area contributed by atoms with Crippen molar-refractivity contribution in [1.82, 2.24) is 5.32 Å². The summed E-state index contributed by atoms with van der Waals surface area (Å²) in [6.45, 7) is 7.53. The maximum atomic E-state index is 14.3. The summed E-state index contributed by atoms with van der Waals surface area (Å²) in [5.41, 5.74) is 5.06. The molecule has 71 heavy (non-hydrogen) atoms. The number of alkyl halides is 1. The van der Waals surface area contributed by atoms with Crippen molar-refractivity contribution in [1.29, 1.82) is 0 Å². The molecule has 0 aromatic heterocycles. The van der Waals surface area contributed by atoms with Crippen molar-refractivity contribution in [3.05, 3.63) is 148 Å². The van der Waals surface area contributed by atoms with E-state index in [-0.39, 0.29) is 67.1 Å². The highest BCUT2D eigenvalue weighted by Gasteiger charge is 2.30. The summed E-state index contributed by atoms with van der Waals surface area (Å²) in [5.74, 6) is -3.03. The number of hydrogen-bond acceptors (Lipinski definition) is 10. The molecule has 0 radical (unpaired) electrons. The SMILES string of the molecule is CCOC(=O)[C@H](CNCCF)C[C@H](CB(C)O)Cc1ccc(-c2cc(Cl)ccc2F)cc1.CCOC(=O)[C@H](COS(=O)(=O)c1ccc(C)cc1)C[C@H](CB(C)O)Cc1ccc(-c2cc(Cl)ccc2F)cc1. The molecule has 0 saturated carbocycles. The molecule has 0 saturated heterocycles. The number of ether oxygens (including phenoxy) is 2. The van der Waals surface area contributed by atoms with Crippen molar-refractivity contribution in [3.8, 4) is 22.3 Å². The van der Waals surface area contributed by atoms with Gasteiger partial charge in [0, 0.05) is 34.3 Å². The molecule has 382 valence electrons. The van der Waals surface area contributed by atoms with Crippen LogP contribution in [0.2, 0.25) is 36.3 Å². The second-order valence-corrected chi connectivity index (χ2v) is 20.3. The topological polar surface area (TPSA) is 148 Å². The maximum Gasteiger partial charge on any atom is 0.311 e. The minimum Gasteiger partial charge on any atom is -0.466 e. The molecule has 0 unspecified atom stereocenters. The molecule has 5 aromatic carbocycles. The first-order chi connectivity index (χ1) is 33.8. The second kappa shape index (κ2) is 29.7. The van der Waals surface area contributed by atoms with E-state index in [9.17, 15) is 41.2 Å². The van der Waals surface area contributed by atoms with E-state index in [2.05, 4.69) is 5.32 Å². The van der Waals surface area contributed by atoms with E-state index < -0.39 is 48.4 Å². The Balaban J connectivity index is 0.000000315. The molecule has 0 amide bonds. The fourth-order valence-electron chi connectivity index (χ4n) is 8.34.